The predicted octanol–water partition coefficient (Wildman–Crippen LogP) is 5.51. The minimum Gasteiger partial charge on any atom is -0.489 e. The zero-order valence-electron chi connectivity index (χ0n) is 18.0. The summed E-state index contributed by atoms with van der Waals surface area (Å²) in [7, 11) is 4.32. The highest BCUT2D eigenvalue weighted by molar-refractivity contribution is 5.38. The van der Waals surface area contributed by atoms with Crippen molar-refractivity contribution in [1.29, 1.82) is 0 Å². The van der Waals surface area contributed by atoms with E-state index in [2.05, 4.69) is 61.5 Å². The normalized spacial score (nSPS) is 15.6. The molecular weight excluding hydrogens is 370 g/mol. The molecule has 0 radical (unpaired) electrons. The predicted molar refractivity (Wildman–Crippen MR) is 122 cm³/mol. The molecule has 0 spiro atoms. The number of fused-ring (bicyclic) bond motifs is 1. The van der Waals surface area contributed by atoms with Crippen molar-refractivity contribution >= 4 is 0 Å². The number of ether oxygens (including phenoxy) is 2. The average Bonchev–Trinajstić information content (AvgIpc) is 2.77. The van der Waals surface area contributed by atoms with Gasteiger partial charge in [-0.1, -0.05) is 48.5 Å². The van der Waals surface area contributed by atoms with Crippen LogP contribution < -0.4 is 9.47 Å². The topological polar surface area (TPSA) is 21.7 Å². The third-order valence-corrected chi connectivity index (χ3v) is 5.71. The molecule has 3 heteroatoms. The second-order valence-corrected chi connectivity index (χ2v) is 8.51. The molecule has 1 atom stereocenters. The summed E-state index contributed by atoms with van der Waals surface area (Å²) in [6.07, 6.45) is 3.59. The largest absolute Gasteiger partial charge is 0.489 e. The van der Waals surface area contributed by atoms with E-state index >= 15 is 0 Å². The molecule has 1 unspecified atom stereocenters. The number of hydrogen-bond acceptors (Lipinski definition) is 3. The van der Waals surface area contributed by atoms with Crippen LogP contribution in [0.2, 0.25) is 0 Å². The molecule has 4 rings (SSSR count). The summed E-state index contributed by atoms with van der Waals surface area (Å²) in [5, 5.41) is 0. The van der Waals surface area contributed by atoms with Gasteiger partial charge < -0.3 is 14.4 Å². The van der Waals surface area contributed by atoms with Gasteiger partial charge in [-0.3, -0.25) is 0 Å². The van der Waals surface area contributed by atoms with Crippen molar-refractivity contribution in [2.24, 2.45) is 5.92 Å². The van der Waals surface area contributed by atoms with E-state index in [4.69, 9.17) is 9.47 Å². The highest BCUT2D eigenvalue weighted by Gasteiger charge is 2.19. The number of aryl methyl sites for hydroxylation is 1. The second-order valence-electron chi connectivity index (χ2n) is 8.51. The highest BCUT2D eigenvalue weighted by Crippen LogP contribution is 2.29. The van der Waals surface area contributed by atoms with E-state index in [1.807, 2.05) is 30.3 Å². The van der Waals surface area contributed by atoms with Gasteiger partial charge >= 0.3 is 0 Å². The second kappa shape index (κ2) is 9.82. The molecule has 30 heavy (non-hydrogen) atoms. The molecule has 0 aromatic heterocycles. The standard InChI is InChI=1S/C27H31NO2/c1-28(2)18-23-8-11-25-17-27(15-12-24(25)16-23)30-20-22-9-13-26(14-10-22)29-19-21-6-4-3-5-7-21/h3-7,9-10,12-15,17,23H,8,11,16,18-20H2,1-2H3. The summed E-state index contributed by atoms with van der Waals surface area (Å²) < 4.78 is 11.9. The Bertz CT molecular complexity index is 935. The molecule has 0 saturated carbocycles. The van der Waals surface area contributed by atoms with E-state index in [1.165, 1.54) is 36.1 Å². The summed E-state index contributed by atoms with van der Waals surface area (Å²) in [6.45, 7) is 2.32. The lowest BCUT2D eigenvalue weighted by atomic mass is 9.83. The maximum absolute atomic E-state index is 6.07. The lowest BCUT2D eigenvalue weighted by molar-refractivity contribution is 0.296. The maximum atomic E-state index is 6.07. The highest BCUT2D eigenvalue weighted by atomic mass is 16.5. The smallest absolute Gasteiger partial charge is 0.120 e. The SMILES string of the molecule is CN(C)CC1CCc2cc(OCc3ccc(OCc4ccccc4)cc3)ccc2C1. The van der Waals surface area contributed by atoms with Crippen molar-refractivity contribution in [3.05, 3.63) is 95.1 Å². The van der Waals surface area contributed by atoms with Crippen LogP contribution >= 0.6 is 0 Å². The van der Waals surface area contributed by atoms with Gasteiger partial charge in [-0.15, -0.1) is 0 Å². The summed E-state index contributed by atoms with van der Waals surface area (Å²) in [4.78, 5) is 2.30. The monoisotopic (exact) mass is 401 g/mol. The molecule has 0 amide bonds. The average molecular weight is 402 g/mol. The van der Waals surface area contributed by atoms with Gasteiger partial charge in [-0.25, -0.2) is 0 Å². The molecular formula is C27H31NO2. The van der Waals surface area contributed by atoms with Gasteiger partial charge in [0.1, 0.15) is 24.7 Å². The molecule has 0 fully saturated rings. The zero-order chi connectivity index (χ0) is 20.8. The van der Waals surface area contributed by atoms with Crippen molar-refractivity contribution in [2.75, 3.05) is 20.6 Å². The molecule has 0 N–H and O–H groups in total. The first-order chi connectivity index (χ1) is 14.7. The van der Waals surface area contributed by atoms with Crippen LogP contribution in [-0.4, -0.2) is 25.5 Å². The van der Waals surface area contributed by atoms with Gasteiger partial charge in [0.2, 0.25) is 0 Å². The first kappa shape index (κ1) is 20.5. The molecule has 0 aliphatic heterocycles. The Morgan fingerprint density at radius 1 is 0.767 bits per heavy atom. The van der Waals surface area contributed by atoms with Gasteiger partial charge in [0.15, 0.2) is 0 Å². The fraction of sp³-hybridized carbons (Fsp3) is 0.333. The molecule has 156 valence electrons. The number of benzene rings is 3. The van der Waals surface area contributed by atoms with Crippen LogP contribution in [0.3, 0.4) is 0 Å². The third kappa shape index (κ3) is 5.64. The van der Waals surface area contributed by atoms with E-state index < -0.39 is 0 Å². The minimum atomic E-state index is 0.570. The van der Waals surface area contributed by atoms with Crippen LogP contribution in [0.1, 0.15) is 28.7 Å². The van der Waals surface area contributed by atoms with Gasteiger partial charge in [0.25, 0.3) is 0 Å². The summed E-state index contributed by atoms with van der Waals surface area (Å²) in [5.74, 6) is 2.61. The van der Waals surface area contributed by atoms with Gasteiger partial charge in [-0.05, 0) is 85.8 Å². The fourth-order valence-electron chi connectivity index (χ4n) is 4.16. The first-order valence-electron chi connectivity index (χ1n) is 10.8. The Morgan fingerprint density at radius 2 is 1.43 bits per heavy atom. The van der Waals surface area contributed by atoms with Crippen LogP contribution in [0.25, 0.3) is 0 Å². The van der Waals surface area contributed by atoms with Crippen molar-refractivity contribution in [1.82, 2.24) is 4.90 Å². The molecule has 3 nitrogen and oxygen atoms in total. The third-order valence-electron chi connectivity index (χ3n) is 5.71. The molecule has 1 aliphatic rings. The Morgan fingerprint density at radius 3 is 2.17 bits per heavy atom. The van der Waals surface area contributed by atoms with Crippen LogP contribution in [-0.2, 0) is 26.1 Å². The van der Waals surface area contributed by atoms with Gasteiger partial charge in [0.05, 0.1) is 0 Å². The Balaban J connectivity index is 1.28. The van der Waals surface area contributed by atoms with Crippen LogP contribution in [0, 0.1) is 5.92 Å². The molecule has 3 aromatic carbocycles. The lowest BCUT2D eigenvalue weighted by Gasteiger charge is -2.27. The van der Waals surface area contributed by atoms with Gasteiger partial charge in [-0.2, -0.15) is 0 Å². The summed E-state index contributed by atoms with van der Waals surface area (Å²) in [5.41, 5.74) is 5.25. The first-order valence-corrected chi connectivity index (χ1v) is 10.8. The van der Waals surface area contributed by atoms with Gasteiger partial charge in [0, 0.05) is 6.54 Å². The maximum Gasteiger partial charge on any atom is 0.120 e. The number of nitrogens with zero attached hydrogens (tertiary/aromatic N) is 1. The van der Waals surface area contributed by atoms with E-state index in [9.17, 15) is 0 Å². The molecule has 3 aromatic rings. The summed E-state index contributed by atoms with van der Waals surface area (Å²) >= 11 is 0. The Kier molecular flexibility index (Phi) is 6.70. The number of hydrogen-bond donors (Lipinski definition) is 0. The van der Waals surface area contributed by atoms with Crippen molar-refractivity contribution < 1.29 is 9.47 Å². The quantitative estimate of drug-likeness (QED) is 0.497. The van der Waals surface area contributed by atoms with E-state index in [0.717, 1.165) is 29.4 Å². The Hall–Kier alpha value is -2.78. The molecule has 1 aliphatic carbocycles. The molecule has 0 bridgehead atoms. The van der Waals surface area contributed by atoms with Crippen molar-refractivity contribution in [2.45, 2.75) is 32.5 Å². The van der Waals surface area contributed by atoms with Crippen LogP contribution in [0.4, 0.5) is 0 Å². The van der Waals surface area contributed by atoms with Crippen molar-refractivity contribution in [3.63, 3.8) is 0 Å². The van der Waals surface area contributed by atoms with E-state index in [1.54, 1.807) is 0 Å². The van der Waals surface area contributed by atoms with Crippen LogP contribution in [0.15, 0.2) is 72.8 Å². The summed E-state index contributed by atoms with van der Waals surface area (Å²) in [6, 6.07) is 25.0. The minimum absolute atomic E-state index is 0.570. The van der Waals surface area contributed by atoms with Crippen molar-refractivity contribution in [3.8, 4) is 11.5 Å². The Labute approximate surface area is 180 Å². The molecule has 0 saturated heterocycles. The lowest BCUT2D eigenvalue weighted by Crippen LogP contribution is -2.26. The molecule has 0 heterocycles. The van der Waals surface area contributed by atoms with Crippen LogP contribution in [0.5, 0.6) is 11.5 Å². The number of rotatable bonds is 8. The van der Waals surface area contributed by atoms with E-state index in [-0.39, 0.29) is 0 Å². The fourth-order valence-corrected chi connectivity index (χ4v) is 4.16. The zero-order valence-corrected chi connectivity index (χ0v) is 18.0. The van der Waals surface area contributed by atoms with E-state index in [0.29, 0.717) is 13.2 Å².